The Morgan fingerprint density at radius 2 is 1.36 bits per heavy atom. The highest BCUT2D eigenvalue weighted by atomic mass is 16.4. The number of hydrogen-bond donors (Lipinski definition) is 11. The number of carboxylic acids is 3. The lowest BCUT2D eigenvalue weighted by Crippen LogP contribution is -2.58. The quantitative estimate of drug-likeness (QED) is 0.0497. The number of rotatable bonds is 23. The van der Waals surface area contributed by atoms with Gasteiger partial charge in [-0.15, -0.1) is 5.53 Å². The van der Waals surface area contributed by atoms with Crippen LogP contribution in [0.25, 0.3) is 0 Å². The molecule has 19 heteroatoms. The molecule has 0 aromatic heterocycles. The van der Waals surface area contributed by atoms with E-state index in [2.05, 4.69) is 32.2 Å². The highest BCUT2D eigenvalue weighted by Crippen LogP contribution is 2.12. The van der Waals surface area contributed by atoms with E-state index in [1.807, 2.05) is 6.92 Å². The van der Waals surface area contributed by atoms with Crippen LogP contribution in [0.15, 0.2) is 11.9 Å². The highest BCUT2D eigenvalue weighted by molar-refractivity contribution is 5.95. The van der Waals surface area contributed by atoms with Gasteiger partial charge < -0.3 is 53.5 Å². The normalized spacial score (nSPS) is 16.3. The number of nitrogens with two attached hydrogens (primary N) is 2. The van der Waals surface area contributed by atoms with Crippen molar-refractivity contribution in [3.05, 3.63) is 11.9 Å². The van der Waals surface area contributed by atoms with Crippen molar-refractivity contribution in [2.45, 2.75) is 102 Å². The molecule has 0 radical (unpaired) electrons. The van der Waals surface area contributed by atoms with Crippen molar-refractivity contribution >= 4 is 41.5 Å². The molecule has 1 heterocycles. The van der Waals surface area contributed by atoms with Crippen LogP contribution in [-0.4, -0.2) is 106 Å². The largest absolute Gasteiger partial charge is 0.481 e. The van der Waals surface area contributed by atoms with Gasteiger partial charge in [0.05, 0.1) is 6.04 Å². The third kappa shape index (κ3) is 15.1. The molecule has 4 amide bonds. The van der Waals surface area contributed by atoms with Gasteiger partial charge in [-0.3, -0.25) is 38.6 Å². The number of aliphatic carboxylic acids is 3. The van der Waals surface area contributed by atoms with Gasteiger partial charge in [-0.1, -0.05) is 20.3 Å². The summed E-state index contributed by atoms with van der Waals surface area (Å²) in [6, 6.07) is -5.95. The third-order valence-corrected chi connectivity index (χ3v) is 7.53. The summed E-state index contributed by atoms with van der Waals surface area (Å²) in [6.45, 7) is 4.05. The zero-order chi connectivity index (χ0) is 35.7. The fraction of sp³-hybridized carbons (Fsp3) is 0.679. The Morgan fingerprint density at radius 3 is 1.87 bits per heavy atom. The van der Waals surface area contributed by atoms with E-state index in [-0.39, 0.29) is 25.2 Å². The summed E-state index contributed by atoms with van der Waals surface area (Å²) in [5, 5.41) is 38.8. The second-order valence-electron chi connectivity index (χ2n) is 11.3. The minimum Gasteiger partial charge on any atom is -0.481 e. The molecule has 0 saturated heterocycles. The summed E-state index contributed by atoms with van der Waals surface area (Å²) < 4.78 is 0. The van der Waals surface area contributed by atoms with Crippen LogP contribution < -0.4 is 43.7 Å². The maximum atomic E-state index is 13.3. The first-order chi connectivity index (χ1) is 22.1. The Morgan fingerprint density at radius 1 is 0.809 bits per heavy atom. The van der Waals surface area contributed by atoms with Crippen molar-refractivity contribution in [1.82, 2.24) is 37.2 Å². The minimum absolute atomic E-state index is 0.00731. The van der Waals surface area contributed by atoms with Crippen LogP contribution >= 0.6 is 0 Å². The van der Waals surface area contributed by atoms with Gasteiger partial charge in [0.2, 0.25) is 23.6 Å². The van der Waals surface area contributed by atoms with E-state index < -0.39 is 84.6 Å². The second-order valence-corrected chi connectivity index (χ2v) is 11.3. The van der Waals surface area contributed by atoms with E-state index in [0.717, 1.165) is 0 Å². The molecule has 6 atom stereocenters. The predicted octanol–water partition coefficient (Wildman–Crippen LogP) is -2.57. The lowest BCUT2D eigenvalue weighted by Gasteiger charge is -2.27. The van der Waals surface area contributed by atoms with E-state index in [1.54, 1.807) is 18.1 Å². The van der Waals surface area contributed by atoms with E-state index in [4.69, 9.17) is 16.6 Å². The number of hydrazine groups is 2. The zero-order valence-corrected chi connectivity index (χ0v) is 26.9. The first-order valence-electron chi connectivity index (χ1n) is 15.4. The number of carbonyl (C=O) groups is 7. The number of amides is 4. The monoisotopic (exact) mass is 671 g/mol. The molecule has 0 bridgehead atoms. The van der Waals surface area contributed by atoms with Gasteiger partial charge in [-0.25, -0.2) is 0 Å². The average molecular weight is 672 g/mol. The van der Waals surface area contributed by atoms with Crippen molar-refractivity contribution < 1.29 is 48.9 Å². The van der Waals surface area contributed by atoms with Crippen LogP contribution in [0.5, 0.6) is 0 Å². The second kappa shape index (κ2) is 20.6. The molecule has 1 aliphatic rings. The van der Waals surface area contributed by atoms with Gasteiger partial charge in [0.1, 0.15) is 24.2 Å². The maximum absolute atomic E-state index is 13.3. The summed E-state index contributed by atoms with van der Waals surface area (Å²) in [5.41, 5.74) is 17.8. The number of carbonyl (C=O) groups excluding carboxylic acids is 4. The summed E-state index contributed by atoms with van der Waals surface area (Å²) in [7, 11) is 1.39. The molecule has 19 nitrogen and oxygen atoms in total. The number of nitrogens with one attached hydrogen (secondary N) is 6. The van der Waals surface area contributed by atoms with Crippen molar-refractivity contribution in [3.8, 4) is 0 Å². The number of carboxylic acid groups (broad SMARTS) is 3. The number of unbranched alkanes of at least 4 members (excludes halogenated alkanes) is 1. The van der Waals surface area contributed by atoms with E-state index in [9.17, 15) is 43.8 Å². The lowest BCUT2D eigenvalue weighted by molar-refractivity contribution is -0.140. The van der Waals surface area contributed by atoms with Crippen LogP contribution in [0, 0.1) is 5.92 Å². The molecule has 0 spiro atoms. The summed E-state index contributed by atoms with van der Waals surface area (Å²) in [5.74, 6) is -6.90. The number of likely N-dealkylation sites (N-methyl/N-ethyl adjacent to an activating group) is 1. The molecule has 13 N–H and O–H groups in total. The fourth-order valence-electron chi connectivity index (χ4n) is 4.46. The standard InChI is InChI=1S/C28H49N9O10/c1-4-15(2)23(27(45)31-3)34-26(44)20(9-11-22(40)41)33-25(43)19(8-10-21(38)39)32-24(42)18(30)13-16-14-37(36-35-16)12-6-5-7-17(29)28(46)47/h14-15,17-20,23,35-36H,4-13,29-30H2,1-3H3,(H,31,45)(H,32,42)(H,33,43)(H,34,44)(H,38,39)(H,40,41)(H,46,47)/t15?,17-,18?,19-,20?,23-/m0/s1. The van der Waals surface area contributed by atoms with Crippen LogP contribution in [0.4, 0.5) is 0 Å². The minimum atomic E-state index is -1.44. The van der Waals surface area contributed by atoms with E-state index in [0.29, 0.717) is 37.9 Å². The predicted molar refractivity (Wildman–Crippen MR) is 166 cm³/mol. The molecule has 0 aromatic carbocycles. The summed E-state index contributed by atoms with van der Waals surface area (Å²) in [6.07, 6.45) is 1.96. The van der Waals surface area contributed by atoms with Gasteiger partial charge >= 0.3 is 17.9 Å². The van der Waals surface area contributed by atoms with Crippen molar-refractivity contribution in [2.75, 3.05) is 13.6 Å². The molecule has 47 heavy (non-hydrogen) atoms. The molecule has 0 aromatic rings. The van der Waals surface area contributed by atoms with Gasteiger partial charge in [0.15, 0.2) is 0 Å². The molecule has 1 rings (SSSR count). The van der Waals surface area contributed by atoms with Crippen molar-refractivity contribution in [2.24, 2.45) is 17.4 Å². The Bertz CT molecular complexity index is 1150. The van der Waals surface area contributed by atoms with Crippen LogP contribution in [-0.2, 0) is 33.6 Å². The number of nitrogens with zero attached hydrogens (tertiary/aromatic N) is 1. The molecule has 0 fully saturated rings. The molecule has 3 unspecified atom stereocenters. The van der Waals surface area contributed by atoms with Gasteiger partial charge in [0, 0.05) is 44.8 Å². The van der Waals surface area contributed by atoms with Crippen molar-refractivity contribution in [3.63, 3.8) is 0 Å². The van der Waals surface area contributed by atoms with E-state index >= 15 is 0 Å². The Hall–Kier alpha value is -4.49. The Balaban J connectivity index is 2.94. The van der Waals surface area contributed by atoms with Crippen molar-refractivity contribution in [1.29, 1.82) is 0 Å². The van der Waals surface area contributed by atoms with Crippen LogP contribution in [0.1, 0.15) is 71.6 Å². The third-order valence-electron chi connectivity index (χ3n) is 7.53. The Kier molecular flexibility index (Phi) is 17.8. The summed E-state index contributed by atoms with van der Waals surface area (Å²) >= 11 is 0. The molecule has 0 aliphatic carbocycles. The first-order valence-corrected chi connectivity index (χ1v) is 15.4. The fourth-order valence-corrected chi connectivity index (χ4v) is 4.46. The first kappa shape index (κ1) is 40.5. The molecule has 0 saturated carbocycles. The molecule has 266 valence electrons. The average Bonchev–Trinajstić information content (AvgIpc) is 3.47. The highest BCUT2D eigenvalue weighted by Gasteiger charge is 2.32. The van der Waals surface area contributed by atoms with Gasteiger partial charge in [0.25, 0.3) is 0 Å². The molecular weight excluding hydrogens is 622 g/mol. The lowest BCUT2D eigenvalue weighted by atomic mass is 9.97. The molecule has 1 aliphatic heterocycles. The van der Waals surface area contributed by atoms with Crippen LogP contribution in [0.3, 0.4) is 0 Å². The van der Waals surface area contributed by atoms with Crippen LogP contribution in [0.2, 0.25) is 0 Å². The van der Waals surface area contributed by atoms with Gasteiger partial charge in [-0.2, -0.15) is 0 Å². The van der Waals surface area contributed by atoms with Gasteiger partial charge in [-0.05, 0) is 38.0 Å². The summed E-state index contributed by atoms with van der Waals surface area (Å²) in [4.78, 5) is 85.2. The molecular formula is C28H49N9O10. The number of hydrogen-bond acceptors (Lipinski definition) is 12. The maximum Gasteiger partial charge on any atom is 0.320 e. The topological polar surface area (TPSA) is 308 Å². The SMILES string of the molecule is CCC(C)[C@H](NC(=O)C(CCC(=O)O)NC(=O)[C@H](CCC(=O)O)NC(=O)C(N)CC1=CN(CCCC[C@H](N)C(=O)O)NN1)C(=O)NC. The smallest absolute Gasteiger partial charge is 0.320 e. The zero-order valence-electron chi connectivity index (χ0n) is 26.9. The van der Waals surface area contributed by atoms with E-state index in [1.165, 1.54) is 7.05 Å². The Labute approximate surface area is 272 Å².